The van der Waals surface area contributed by atoms with Gasteiger partial charge < -0.3 is 9.47 Å². The third kappa shape index (κ3) is 5.33. The smallest absolute Gasteiger partial charge is 0.0541 e. The van der Waals surface area contributed by atoms with E-state index in [0.717, 1.165) is 17.1 Å². The van der Waals surface area contributed by atoms with Crippen molar-refractivity contribution < 1.29 is 0 Å². The van der Waals surface area contributed by atoms with E-state index in [9.17, 15) is 0 Å². The van der Waals surface area contributed by atoms with Crippen LogP contribution in [0.15, 0.2) is 206 Å². The Balaban J connectivity index is 0.982. The molecule has 0 fully saturated rings. The average Bonchev–Trinajstić information content (AvgIpc) is 3.72. The summed E-state index contributed by atoms with van der Waals surface area (Å²) in [5, 5.41) is 4.95. The first-order valence-electron chi connectivity index (χ1n) is 19.8. The quantitative estimate of drug-likeness (QED) is 0.165. The fraction of sp³-hybridized carbons (Fsp3) is 0.0545. The minimum absolute atomic E-state index is 0.0357. The van der Waals surface area contributed by atoms with Crippen molar-refractivity contribution in [3.63, 3.8) is 0 Å². The van der Waals surface area contributed by atoms with Gasteiger partial charge in [-0.25, -0.2) is 0 Å². The minimum atomic E-state index is -0.0357. The highest BCUT2D eigenvalue weighted by Crippen LogP contribution is 2.50. The number of hydrogen-bond donors (Lipinski definition) is 0. The van der Waals surface area contributed by atoms with Crippen LogP contribution >= 0.6 is 0 Å². The van der Waals surface area contributed by atoms with Crippen LogP contribution in [-0.2, 0) is 5.41 Å². The lowest BCUT2D eigenvalue weighted by atomic mass is 9.81. The third-order valence-electron chi connectivity index (χ3n) is 12.2. The monoisotopic (exact) mass is 728 g/mol. The van der Waals surface area contributed by atoms with Crippen LogP contribution < -0.4 is 4.90 Å². The molecule has 1 aliphatic carbocycles. The number of aromatic nitrogens is 1. The van der Waals surface area contributed by atoms with Crippen molar-refractivity contribution in [2.45, 2.75) is 19.3 Å². The van der Waals surface area contributed by atoms with Crippen molar-refractivity contribution in [1.29, 1.82) is 0 Å². The van der Waals surface area contributed by atoms with Crippen LogP contribution in [0, 0.1) is 0 Å². The molecule has 0 bridgehead atoms. The Kier molecular flexibility index (Phi) is 7.55. The molecule has 1 aliphatic rings. The Morgan fingerprint density at radius 2 is 0.947 bits per heavy atom. The molecule has 0 atom stereocenters. The van der Waals surface area contributed by atoms with E-state index in [1.165, 1.54) is 82.8 Å². The van der Waals surface area contributed by atoms with Crippen LogP contribution in [0.1, 0.15) is 25.0 Å². The molecule has 0 unspecified atom stereocenters. The topological polar surface area (TPSA) is 8.17 Å². The Hall–Kier alpha value is -7.16. The predicted octanol–water partition coefficient (Wildman–Crippen LogP) is 15.0. The molecule has 270 valence electrons. The molecule has 0 amide bonds. The Bertz CT molecular complexity index is 3130. The Labute approximate surface area is 333 Å². The normalized spacial score (nSPS) is 12.9. The summed E-state index contributed by atoms with van der Waals surface area (Å²) < 4.78 is 2.37. The molecular formula is C55H40N2. The van der Waals surface area contributed by atoms with Gasteiger partial charge in [-0.1, -0.05) is 153 Å². The summed E-state index contributed by atoms with van der Waals surface area (Å²) in [5.74, 6) is 0. The van der Waals surface area contributed by atoms with Gasteiger partial charge in [-0.15, -0.1) is 0 Å². The third-order valence-corrected chi connectivity index (χ3v) is 12.2. The maximum atomic E-state index is 2.41. The van der Waals surface area contributed by atoms with Gasteiger partial charge in [0.25, 0.3) is 0 Å². The van der Waals surface area contributed by atoms with E-state index in [1.807, 2.05) is 0 Å². The molecule has 57 heavy (non-hydrogen) atoms. The highest BCUT2D eigenvalue weighted by atomic mass is 15.1. The van der Waals surface area contributed by atoms with Gasteiger partial charge in [0.15, 0.2) is 0 Å². The van der Waals surface area contributed by atoms with E-state index >= 15 is 0 Å². The highest BCUT2D eigenvalue weighted by molar-refractivity contribution is 6.10. The van der Waals surface area contributed by atoms with E-state index < -0.39 is 0 Å². The molecule has 2 heteroatoms. The van der Waals surface area contributed by atoms with Crippen molar-refractivity contribution in [1.82, 2.24) is 4.57 Å². The Morgan fingerprint density at radius 1 is 0.386 bits per heavy atom. The van der Waals surface area contributed by atoms with E-state index in [2.05, 4.69) is 230 Å². The zero-order valence-electron chi connectivity index (χ0n) is 32.0. The van der Waals surface area contributed by atoms with Crippen molar-refractivity contribution >= 4 is 49.6 Å². The molecule has 1 aromatic heterocycles. The fourth-order valence-corrected chi connectivity index (χ4v) is 9.33. The van der Waals surface area contributed by atoms with E-state index in [1.54, 1.807) is 0 Å². The first-order chi connectivity index (χ1) is 28.0. The molecule has 2 nitrogen and oxygen atoms in total. The van der Waals surface area contributed by atoms with Gasteiger partial charge in [0.2, 0.25) is 0 Å². The molecule has 0 aliphatic heterocycles. The lowest BCUT2D eigenvalue weighted by Gasteiger charge is -2.27. The zero-order chi connectivity index (χ0) is 38.1. The molecule has 0 saturated heterocycles. The number of anilines is 3. The van der Waals surface area contributed by atoms with E-state index in [0.29, 0.717) is 0 Å². The summed E-state index contributed by atoms with van der Waals surface area (Å²) in [6, 6.07) is 75.6. The summed E-state index contributed by atoms with van der Waals surface area (Å²) in [5.41, 5.74) is 17.3. The SMILES string of the molecule is CC1(C)c2ccccc2-c2ccc(-c3ccc(N(c4ccc(-c5ccc6c(c5)c5ccccc5n6-c5ccccc5)cc4)c4cccc5ccccc45)cc3)cc21. The second kappa shape index (κ2) is 13.0. The molecule has 11 rings (SSSR count). The molecule has 9 aromatic carbocycles. The fourth-order valence-electron chi connectivity index (χ4n) is 9.33. The van der Waals surface area contributed by atoms with Crippen LogP contribution in [0.5, 0.6) is 0 Å². The molecule has 0 saturated carbocycles. The largest absolute Gasteiger partial charge is 0.310 e. The lowest BCUT2D eigenvalue weighted by molar-refractivity contribution is 0.660. The maximum absolute atomic E-state index is 2.41. The van der Waals surface area contributed by atoms with Crippen molar-refractivity contribution in [3.05, 3.63) is 217 Å². The van der Waals surface area contributed by atoms with Crippen LogP contribution in [0.2, 0.25) is 0 Å². The summed E-state index contributed by atoms with van der Waals surface area (Å²) in [6.07, 6.45) is 0. The van der Waals surface area contributed by atoms with Gasteiger partial charge in [-0.05, 0) is 117 Å². The van der Waals surface area contributed by atoms with Gasteiger partial charge >= 0.3 is 0 Å². The van der Waals surface area contributed by atoms with Crippen LogP contribution in [0.4, 0.5) is 17.1 Å². The number of benzene rings is 9. The van der Waals surface area contributed by atoms with Gasteiger partial charge in [0.05, 0.1) is 16.7 Å². The summed E-state index contributed by atoms with van der Waals surface area (Å²) in [7, 11) is 0. The zero-order valence-corrected chi connectivity index (χ0v) is 32.0. The van der Waals surface area contributed by atoms with Crippen molar-refractivity contribution in [2.24, 2.45) is 0 Å². The molecule has 10 aromatic rings. The summed E-state index contributed by atoms with van der Waals surface area (Å²) in [6.45, 7) is 4.70. The maximum Gasteiger partial charge on any atom is 0.0541 e. The molecular weight excluding hydrogens is 689 g/mol. The van der Waals surface area contributed by atoms with Crippen molar-refractivity contribution in [3.8, 4) is 39.1 Å². The molecule has 0 N–H and O–H groups in total. The van der Waals surface area contributed by atoms with Crippen LogP contribution in [-0.4, -0.2) is 4.57 Å². The summed E-state index contributed by atoms with van der Waals surface area (Å²) >= 11 is 0. The number of nitrogens with zero attached hydrogens (tertiary/aromatic N) is 2. The summed E-state index contributed by atoms with van der Waals surface area (Å²) in [4.78, 5) is 2.40. The second-order valence-electron chi connectivity index (χ2n) is 15.8. The number of para-hydroxylation sites is 2. The van der Waals surface area contributed by atoms with Gasteiger partial charge in [-0.2, -0.15) is 0 Å². The number of fused-ring (bicyclic) bond motifs is 7. The minimum Gasteiger partial charge on any atom is -0.310 e. The first-order valence-corrected chi connectivity index (χ1v) is 19.8. The average molecular weight is 729 g/mol. The lowest BCUT2D eigenvalue weighted by Crippen LogP contribution is -2.14. The molecule has 0 radical (unpaired) electrons. The van der Waals surface area contributed by atoms with Gasteiger partial charge in [0.1, 0.15) is 0 Å². The number of hydrogen-bond acceptors (Lipinski definition) is 1. The standard InChI is InChI=1S/C55H40N2/c1-55(2)50-20-10-8-18-46(50)47-33-27-41(36-51(47)55)38-25-31-44(32-26-38)56(52-22-12-14-39-13-6-7-17-45(39)52)43-29-23-37(24-30-43)40-28-34-54-49(35-40)48-19-9-11-21-53(48)57(54)42-15-4-3-5-16-42/h3-36H,1-2H3. The Morgan fingerprint density at radius 3 is 1.72 bits per heavy atom. The van der Waals surface area contributed by atoms with Crippen LogP contribution in [0.3, 0.4) is 0 Å². The predicted molar refractivity (Wildman–Crippen MR) is 241 cm³/mol. The van der Waals surface area contributed by atoms with E-state index in [-0.39, 0.29) is 5.41 Å². The van der Waals surface area contributed by atoms with Gasteiger partial charge in [-0.3, -0.25) is 0 Å². The molecule has 0 spiro atoms. The van der Waals surface area contributed by atoms with Crippen LogP contribution in [0.25, 0.3) is 71.6 Å². The second-order valence-corrected chi connectivity index (χ2v) is 15.8. The number of rotatable bonds is 6. The van der Waals surface area contributed by atoms with Crippen molar-refractivity contribution in [2.75, 3.05) is 4.90 Å². The van der Waals surface area contributed by atoms with E-state index in [4.69, 9.17) is 0 Å². The highest BCUT2D eigenvalue weighted by Gasteiger charge is 2.35. The first kappa shape index (κ1) is 33.2. The van der Waals surface area contributed by atoms with Gasteiger partial charge in [0, 0.05) is 38.6 Å². The molecule has 1 heterocycles.